The van der Waals surface area contributed by atoms with Crippen molar-refractivity contribution in [2.75, 3.05) is 13.1 Å². The largest absolute Gasteiger partial charge is 0.350 e. The number of imidazole rings is 1. The molecule has 2 aromatic heterocycles. The Kier molecular flexibility index (Phi) is 4.42. The second-order valence-electron chi connectivity index (χ2n) is 7.07. The number of hydrogen-bond donors (Lipinski definition) is 2. The van der Waals surface area contributed by atoms with E-state index < -0.39 is 5.41 Å². The van der Waals surface area contributed by atoms with Crippen LogP contribution in [0.4, 0.5) is 0 Å². The first-order valence-electron chi connectivity index (χ1n) is 8.72. The van der Waals surface area contributed by atoms with Crippen molar-refractivity contribution in [3.63, 3.8) is 0 Å². The number of nitrogens with one attached hydrogen (secondary N) is 2. The Labute approximate surface area is 157 Å². The predicted molar refractivity (Wildman–Crippen MR) is 102 cm³/mol. The molecule has 1 amide bonds. The summed E-state index contributed by atoms with van der Waals surface area (Å²) >= 11 is 5.95. The van der Waals surface area contributed by atoms with Gasteiger partial charge in [-0.25, -0.2) is 4.98 Å². The summed E-state index contributed by atoms with van der Waals surface area (Å²) in [7, 11) is 0. The Balaban J connectivity index is 1.44. The van der Waals surface area contributed by atoms with Crippen LogP contribution in [-0.2, 0) is 17.8 Å². The predicted octanol–water partition coefficient (Wildman–Crippen LogP) is 2.74. The van der Waals surface area contributed by atoms with Crippen LogP contribution in [0.1, 0.15) is 16.8 Å². The zero-order valence-electron chi connectivity index (χ0n) is 14.6. The number of nitrogens with zero attached hydrogens (tertiary/aromatic N) is 2. The fourth-order valence-corrected chi connectivity index (χ4v) is 3.49. The molecule has 3 heterocycles. The average molecular weight is 369 g/mol. The Morgan fingerprint density at radius 3 is 2.77 bits per heavy atom. The number of rotatable bonds is 5. The summed E-state index contributed by atoms with van der Waals surface area (Å²) in [6, 6.07) is 11.8. The van der Waals surface area contributed by atoms with E-state index in [0.29, 0.717) is 31.1 Å². The van der Waals surface area contributed by atoms with Gasteiger partial charge in [0.15, 0.2) is 0 Å². The highest BCUT2D eigenvalue weighted by Crippen LogP contribution is 2.28. The van der Waals surface area contributed by atoms with Gasteiger partial charge in [0.2, 0.25) is 5.91 Å². The summed E-state index contributed by atoms with van der Waals surface area (Å²) in [5.74, 6) is 0.0689. The van der Waals surface area contributed by atoms with E-state index in [2.05, 4.69) is 15.6 Å². The summed E-state index contributed by atoms with van der Waals surface area (Å²) in [6.07, 6.45) is 4.65. The second-order valence-corrected chi connectivity index (χ2v) is 7.51. The summed E-state index contributed by atoms with van der Waals surface area (Å²) in [5, 5.41) is 7.01. The number of amides is 1. The Morgan fingerprint density at radius 2 is 2.08 bits per heavy atom. The van der Waals surface area contributed by atoms with Crippen LogP contribution >= 0.6 is 11.6 Å². The highest BCUT2D eigenvalue weighted by molar-refractivity contribution is 6.30. The summed E-state index contributed by atoms with van der Waals surface area (Å²) in [4.78, 5) is 17.4. The van der Waals surface area contributed by atoms with E-state index in [1.54, 1.807) is 0 Å². The monoisotopic (exact) mass is 368 g/mol. The van der Waals surface area contributed by atoms with E-state index in [-0.39, 0.29) is 5.91 Å². The van der Waals surface area contributed by atoms with Crippen molar-refractivity contribution in [1.82, 2.24) is 20.0 Å². The van der Waals surface area contributed by atoms with Crippen molar-refractivity contribution in [1.29, 1.82) is 0 Å². The van der Waals surface area contributed by atoms with Crippen molar-refractivity contribution >= 4 is 23.2 Å². The molecule has 0 radical (unpaired) electrons. The summed E-state index contributed by atoms with van der Waals surface area (Å²) in [6.45, 7) is 3.85. The van der Waals surface area contributed by atoms with Gasteiger partial charge in [-0.2, -0.15) is 0 Å². The first-order valence-corrected chi connectivity index (χ1v) is 9.10. The molecule has 0 bridgehead atoms. The van der Waals surface area contributed by atoms with Gasteiger partial charge in [0.25, 0.3) is 0 Å². The average Bonchev–Trinajstić information content (AvgIpc) is 2.99. The Hall–Kier alpha value is -2.37. The van der Waals surface area contributed by atoms with E-state index in [1.165, 1.54) is 5.56 Å². The summed E-state index contributed by atoms with van der Waals surface area (Å²) < 4.78 is 1.98. The highest BCUT2D eigenvalue weighted by atomic mass is 35.5. The van der Waals surface area contributed by atoms with Crippen molar-refractivity contribution in [2.45, 2.75) is 19.9 Å². The first kappa shape index (κ1) is 17.1. The van der Waals surface area contributed by atoms with Crippen molar-refractivity contribution in [2.24, 2.45) is 5.41 Å². The number of carbonyl (C=O) groups is 1. The number of aromatic nitrogens is 2. The molecule has 1 fully saturated rings. The molecule has 0 saturated carbocycles. The van der Waals surface area contributed by atoms with Crippen LogP contribution in [0.5, 0.6) is 0 Å². The minimum atomic E-state index is -0.399. The van der Waals surface area contributed by atoms with Gasteiger partial charge in [-0.15, -0.1) is 0 Å². The lowest BCUT2D eigenvalue weighted by molar-refractivity contribution is -0.134. The van der Waals surface area contributed by atoms with Gasteiger partial charge in [0.1, 0.15) is 5.65 Å². The lowest BCUT2D eigenvalue weighted by atomic mass is 9.75. The maximum absolute atomic E-state index is 12.8. The minimum Gasteiger partial charge on any atom is -0.350 e. The molecule has 26 heavy (non-hydrogen) atoms. The van der Waals surface area contributed by atoms with Gasteiger partial charge in [0.05, 0.1) is 17.7 Å². The van der Waals surface area contributed by atoms with Crippen LogP contribution in [0.15, 0.2) is 48.8 Å². The van der Waals surface area contributed by atoms with Crippen molar-refractivity contribution < 1.29 is 4.79 Å². The SMILES string of the molecule is Cc1ccn2cc(CNC(=O)C3(Cc4ccc(Cl)cc4)CNC3)nc2c1. The third kappa shape index (κ3) is 3.32. The molecule has 0 unspecified atom stereocenters. The zero-order valence-corrected chi connectivity index (χ0v) is 15.4. The minimum absolute atomic E-state index is 0.0689. The molecule has 1 aliphatic rings. The van der Waals surface area contributed by atoms with E-state index in [0.717, 1.165) is 16.9 Å². The Bertz CT molecular complexity index is 944. The van der Waals surface area contributed by atoms with Gasteiger partial charge in [-0.05, 0) is 48.7 Å². The molecular formula is C20H21ClN4O. The maximum Gasteiger partial charge on any atom is 0.229 e. The number of aryl methyl sites for hydroxylation is 1. The molecule has 0 spiro atoms. The van der Waals surface area contributed by atoms with Crippen LogP contribution in [0.3, 0.4) is 0 Å². The molecular weight excluding hydrogens is 348 g/mol. The van der Waals surface area contributed by atoms with Crippen LogP contribution in [0.25, 0.3) is 5.65 Å². The molecule has 0 aliphatic carbocycles. The smallest absolute Gasteiger partial charge is 0.229 e. The lowest BCUT2D eigenvalue weighted by Gasteiger charge is -2.41. The third-order valence-corrected chi connectivity index (χ3v) is 5.21. The topological polar surface area (TPSA) is 58.4 Å². The molecule has 0 atom stereocenters. The quantitative estimate of drug-likeness (QED) is 0.728. The number of hydrogen-bond acceptors (Lipinski definition) is 3. The third-order valence-electron chi connectivity index (χ3n) is 4.96. The molecule has 4 rings (SSSR count). The molecule has 1 saturated heterocycles. The van der Waals surface area contributed by atoms with Crippen LogP contribution in [-0.4, -0.2) is 28.4 Å². The number of carbonyl (C=O) groups excluding carboxylic acids is 1. The van der Waals surface area contributed by atoms with Gasteiger partial charge in [-0.3, -0.25) is 4.79 Å². The van der Waals surface area contributed by atoms with E-state index in [1.807, 2.05) is 60.1 Å². The van der Waals surface area contributed by atoms with Crippen LogP contribution in [0.2, 0.25) is 5.02 Å². The molecule has 3 aromatic rings. The second kappa shape index (κ2) is 6.74. The fourth-order valence-electron chi connectivity index (χ4n) is 3.37. The van der Waals surface area contributed by atoms with E-state index in [9.17, 15) is 4.79 Å². The Morgan fingerprint density at radius 1 is 1.31 bits per heavy atom. The number of fused-ring (bicyclic) bond motifs is 1. The normalized spacial score (nSPS) is 15.6. The molecule has 1 aliphatic heterocycles. The number of benzene rings is 1. The summed E-state index contributed by atoms with van der Waals surface area (Å²) in [5.41, 5.74) is 3.65. The molecule has 1 aromatic carbocycles. The lowest BCUT2D eigenvalue weighted by Crippen LogP contribution is -2.62. The highest BCUT2D eigenvalue weighted by Gasteiger charge is 2.44. The molecule has 134 valence electrons. The molecule has 5 nitrogen and oxygen atoms in total. The van der Waals surface area contributed by atoms with Gasteiger partial charge in [-0.1, -0.05) is 23.7 Å². The first-order chi connectivity index (χ1) is 12.5. The van der Waals surface area contributed by atoms with Gasteiger partial charge in [0, 0.05) is 30.5 Å². The van der Waals surface area contributed by atoms with Crippen LogP contribution in [0, 0.1) is 12.3 Å². The maximum atomic E-state index is 12.8. The number of halogens is 1. The molecule has 6 heteroatoms. The molecule has 2 N–H and O–H groups in total. The van der Waals surface area contributed by atoms with Gasteiger partial charge < -0.3 is 15.0 Å². The van der Waals surface area contributed by atoms with E-state index in [4.69, 9.17) is 11.6 Å². The fraction of sp³-hybridized carbons (Fsp3) is 0.300. The van der Waals surface area contributed by atoms with E-state index >= 15 is 0 Å². The van der Waals surface area contributed by atoms with Gasteiger partial charge >= 0.3 is 0 Å². The standard InChI is InChI=1S/C20H21ClN4O/c1-14-6-7-25-11-17(24-18(25)8-14)10-23-19(26)20(12-22-13-20)9-15-2-4-16(21)5-3-15/h2-8,11,22H,9-10,12-13H2,1H3,(H,23,26). The number of pyridine rings is 1. The zero-order chi connectivity index (χ0) is 18.1. The van der Waals surface area contributed by atoms with Crippen molar-refractivity contribution in [3.8, 4) is 0 Å². The van der Waals surface area contributed by atoms with Crippen LogP contribution < -0.4 is 10.6 Å². The van der Waals surface area contributed by atoms with Crippen molar-refractivity contribution in [3.05, 3.63) is 70.6 Å².